The second kappa shape index (κ2) is 38.4. The van der Waals surface area contributed by atoms with E-state index < -0.39 is 35.7 Å². The zero-order valence-corrected chi connectivity index (χ0v) is 41.6. The molecule has 4 atom stereocenters. The molecule has 0 aliphatic heterocycles. The molecule has 0 saturated heterocycles. The number of benzene rings is 1. The number of primary amides is 1. The highest BCUT2D eigenvalue weighted by Crippen LogP contribution is 2.18. The summed E-state index contributed by atoms with van der Waals surface area (Å²) in [6.45, 7) is 6.90. The van der Waals surface area contributed by atoms with Crippen molar-refractivity contribution >= 4 is 52.8 Å². The van der Waals surface area contributed by atoms with Crippen LogP contribution in [0.5, 0.6) is 5.75 Å². The van der Waals surface area contributed by atoms with E-state index in [1.165, 1.54) is 12.1 Å². The van der Waals surface area contributed by atoms with Gasteiger partial charge in [0.25, 0.3) is 0 Å². The number of phenols is 1. The molecule has 0 spiro atoms. The second-order valence-electron chi connectivity index (χ2n) is 17.4. The molecule has 70 heavy (non-hydrogen) atoms. The smallest absolute Gasteiger partial charge is 0.306 e. The summed E-state index contributed by atoms with van der Waals surface area (Å²) in [4.78, 5) is 106. The number of rotatable bonds is 45. The molecule has 0 bridgehead atoms. The Labute approximate surface area is 412 Å². The lowest BCUT2D eigenvalue weighted by atomic mass is 9.93. The van der Waals surface area contributed by atoms with E-state index in [1.807, 2.05) is 13.8 Å². The van der Waals surface area contributed by atoms with Crippen LogP contribution in [-0.4, -0.2) is 160 Å². The van der Waals surface area contributed by atoms with Crippen LogP contribution in [0.1, 0.15) is 110 Å². The number of amides is 3. The predicted octanol–water partition coefficient (Wildman–Crippen LogP) is 2.00. The highest BCUT2D eigenvalue weighted by molar-refractivity contribution is 5.92. The van der Waals surface area contributed by atoms with E-state index >= 15 is 0 Å². The maximum Gasteiger partial charge on any atom is 0.306 e. The van der Waals surface area contributed by atoms with Crippen molar-refractivity contribution in [2.75, 3.05) is 85.6 Å². The SMILES string of the molecule is CCCCCCC(=O)C[C@@H](CCC(=O)NCCOCCOCC(=O)CCCOCCOCC(=O)N[C@H](C(=O)CN(CCCN=C(N)N)CC(=O)C[C@@H](Cc1ccc(O)cc1)C(N)=O)[C@@H](C)CC)C(=O)O. The highest BCUT2D eigenvalue weighted by atomic mass is 16.5. The van der Waals surface area contributed by atoms with Gasteiger partial charge in [0.05, 0.1) is 58.1 Å². The number of carbonyl (C=O) groups is 8. The number of unbranched alkanes of at least 4 members (excludes halogenated alkanes) is 3. The number of hydrogen-bond acceptors (Lipinski definition) is 15. The van der Waals surface area contributed by atoms with Gasteiger partial charge in [0.1, 0.15) is 30.5 Å². The molecule has 21 heteroatoms. The van der Waals surface area contributed by atoms with E-state index in [0.29, 0.717) is 25.7 Å². The van der Waals surface area contributed by atoms with Crippen molar-refractivity contribution in [2.45, 2.75) is 117 Å². The van der Waals surface area contributed by atoms with E-state index in [4.69, 9.17) is 36.1 Å². The second-order valence-corrected chi connectivity index (χ2v) is 17.4. The van der Waals surface area contributed by atoms with Gasteiger partial charge in [-0.05, 0) is 55.7 Å². The molecule has 1 rings (SSSR count). The van der Waals surface area contributed by atoms with Gasteiger partial charge in [0.15, 0.2) is 17.5 Å². The fourth-order valence-electron chi connectivity index (χ4n) is 7.13. The molecular formula is C49H81N7O14. The summed E-state index contributed by atoms with van der Waals surface area (Å²) in [5.74, 6) is -5.36. The summed E-state index contributed by atoms with van der Waals surface area (Å²) in [6, 6.07) is 5.38. The number of carboxylic acids is 1. The number of nitrogens with zero attached hydrogens (tertiary/aromatic N) is 2. The first-order chi connectivity index (χ1) is 33.4. The van der Waals surface area contributed by atoms with Crippen molar-refractivity contribution in [3.05, 3.63) is 29.8 Å². The zero-order chi connectivity index (χ0) is 52.1. The predicted molar refractivity (Wildman–Crippen MR) is 262 cm³/mol. The molecule has 0 fully saturated rings. The number of nitrogens with two attached hydrogens (primary N) is 3. The van der Waals surface area contributed by atoms with Gasteiger partial charge in [-0.1, -0.05) is 58.6 Å². The first-order valence-electron chi connectivity index (χ1n) is 24.5. The maximum absolute atomic E-state index is 13.7. The number of aliphatic carboxylic acids is 1. The lowest BCUT2D eigenvalue weighted by Gasteiger charge is -2.27. The van der Waals surface area contributed by atoms with Crippen LogP contribution in [0.3, 0.4) is 0 Å². The minimum atomic E-state index is -1.08. The van der Waals surface area contributed by atoms with Crippen LogP contribution in [0.15, 0.2) is 29.3 Å². The third-order valence-corrected chi connectivity index (χ3v) is 11.3. The number of aliphatic imine (C=N–C) groups is 1. The molecule has 1 aromatic rings. The Morgan fingerprint density at radius 1 is 0.700 bits per heavy atom. The Morgan fingerprint density at radius 3 is 1.99 bits per heavy atom. The number of Topliss-reactive ketones (excluding diaryl/α,β-unsaturated/α-hetero) is 4. The normalized spacial score (nSPS) is 12.9. The molecule has 396 valence electrons. The standard InChI is InChI=1S/C49H81N7O14/c1-4-6-7-8-11-40(58)29-37(48(65)66)15-18-44(62)53-20-23-68-25-26-69-33-41(59)12-9-22-67-24-27-70-34-45(63)55-46(35(3)5-2)43(61)32-56(21-10-19-54-49(51)52)31-42(60)30-38(47(50)64)28-36-13-16-39(57)17-14-36/h13-14,16-17,35,37-38,46,57H,4-12,15,18-34H2,1-3H3,(H2,50,64)(H,53,62)(H,55,63)(H,65,66)(H4,51,52,54)/t35-,37+,38+,46-/m0/s1. The van der Waals surface area contributed by atoms with Crippen molar-refractivity contribution in [1.82, 2.24) is 15.5 Å². The number of carboxylic acid groups (broad SMARTS) is 1. The third-order valence-electron chi connectivity index (χ3n) is 11.3. The van der Waals surface area contributed by atoms with Crippen LogP contribution in [0, 0.1) is 17.8 Å². The van der Waals surface area contributed by atoms with Crippen molar-refractivity contribution in [2.24, 2.45) is 39.9 Å². The molecule has 3 amide bonds. The molecular weight excluding hydrogens is 911 g/mol. The molecule has 0 aliphatic rings. The molecule has 0 heterocycles. The van der Waals surface area contributed by atoms with Crippen molar-refractivity contribution < 1.29 is 67.5 Å². The first kappa shape index (κ1) is 62.7. The summed E-state index contributed by atoms with van der Waals surface area (Å²) in [5, 5.41) is 24.5. The Morgan fingerprint density at radius 2 is 1.34 bits per heavy atom. The quantitative estimate of drug-likeness (QED) is 0.0279. The molecule has 0 saturated carbocycles. The Balaban J connectivity index is 2.36. The van der Waals surface area contributed by atoms with Crippen molar-refractivity contribution in [3.8, 4) is 5.75 Å². The molecule has 0 unspecified atom stereocenters. The van der Waals surface area contributed by atoms with E-state index in [0.717, 1.165) is 31.2 Å². The van der Waals surface area contributed by atoms with E-state index in [-0.39, 0.29) is 171 Å². The molecule has 21 nitrogen and oxygen atoms in total. The van der Waals surface area contributed by atoms with Gasteiger partial charge in [-0.15, -0.1) is 0 Å². The Hall–Kier alpha value is -5.35. The van der Waals surface area contributed by atoms with Crippen LogP contribution in [0.25, 0.3) is 0 Å². The monoisotopic (exact) mass is 992 g/mol. The highest BCUT2D eigenvalue weighted by Gasteiger charge is 2.29. The van der Waals surface area contributed by atoms with Crippen LogP contribution < -0.4 is 27.8 Å². The number of ketones is 4. The zero-order valence-electron chi connectivity index (χ0n) is 41.6. The van der Waals surface area contributed by atoms with E-state index in [9.17, 15) is 48.6 Å². The Kier molecular flexibility index (Phi) is 34.4. The summed E-state index contributed by atoms with van der Waals surface area (Å²) in [7, 11) is 0. The van der Waals surface area contributed by atoms with E-state index in [1.54, 1.807) is 17.0 Å². The number of ether oxygens (including phenoxy) is 4. The van der Waals surface area contributed by atoms with Gasteiger partial charge in [-0.3, -0.25) is 48.2 Å². The molecule has 0 aliphatic carbocycles. The van der Waals surface area contributed by atoms with Crippen LogP contribution in [-0.2, 0) is 63.7 Å². The number of phenolic OH excluding ortho intramolecular Hbond substituents is 1. The number of nitrogens with one attached hydrogen (secondary N) is 2. The lowest BCUT2D eigenvalue weighted by Crippen LogP contribution is -2.50. The van der Waals surface area contributed by atoms with Gasteiger partial charge >= 0.3 is 5.97 Å². The van der Waals surface area contributed by atoms with Crippen molar-refractivity contribution in [3.63, 3.8) is 0 Å². The van der Waals surface area contributed by atoms with Gasteiger partial charge in [0, 0.05) is 64.3 Å². The topological polar surface area (TPSA) is 332 Å². The third kappa shape index (κ3) is 31.7. The van der Waals surface area contributed by atoms with Crippen LogP contribution in [0.4, 0.5) is 0 Å². The largest absolute Gasteiger partial charge is 0.508 e. The number of aromatic hydroxyl groups is 1. The summed E-state index contributed by atoms with van der Waals surface area (Å²) in [6.07, 6.45) is 5.84. The summed E-state index contributed by atoms with van der Waals surface area (Å²) < 4.78 is 21.8. The molecule has 0 radical (unpaired) electrons. The van der Waals surface area contributed by atoms with Crippen molar-refractivity contribution in [1.29, 1.82) is 0 Å². The van der Waals surface area contributed by atoms with Gasteiger partial charge in [-0.2, -0.15) is 0 Å². The molecule has 10 N–H and O–H groups in total. The molecule has 0 aromatic heterocycles. The lowest BCUT2D eigenvalue weighted by molar-refractivity contribution is -0.144. The fraction of sp³-hybridized carbons (Fsp3) is 0.694. The summed E-state index contributed by atoms with van der Waals surface area (Å²) >= 11 is 0. The molecule has 1 aromatic carbocycles. The number of hydrogen-bond donors (Lipinski definition) is 7. The summed E-state index contributed by atoms with van der Waals surface area (Å²) in [5.41, 5.74) is 17.3. The average molecular weight is 992 g/mol. The number of guanidine groups is 1. The van der Waals surface area contributed by atoms with Gasteiger partial charge in [0.2, 0.25) is 17.7 Å². The number of carbonyl (C=O) groups excluding carboxylic acids is 7. The van der Waals surface area contributed by atoms with Gasteiger partial charge < -0.3 is 57.0 Å². The van der Waals surface area contributed by atoms with E-state index in [2.05, 4.69) is 22.5 Å². The Bertz CT molecular complexity index is 1760. The minimum Gasteiger partial charge on any atom is -0.508 e. The average Bonchev–Trinajstić information content (AvgIpc) is 3.31. The fourth-order valence-corrected chi connectivity index (χ4v) is 7.13. The maximum atomic E-state index is 13.7. The van der Waals surface area contributed by atoms with Gasteiger partial charge in [-0.25, -0.2) is 0 Å². The minimum absolute atomic E-state index is 0.00969. The van der Waals surface area contributed by atoms with Crippen LogP contribution >= 0.6 is 0 Å². The van der Waals surface area contributed by atoms with Crippen LogP contribution in [0.2, 0.25) is 0 Å². The first-order valence-corrected chi connectivity index (χ1v) is 24.5.